The summed E-state index contributed by atoms with van der Waals surface area (Å²) in [4.78, 5) is 33.6. The maximum Gasteiger partial charge on any atom is 0.349 e. The molecule has 0 bridgehead atoms. The van der Waals surface area contributed by atoms with Crippen molar-refractivity contribution in [2.75, 3.05) is 6.61 Å². The van der Waals surface area contributed by atoms with Crippen molar-refractivity contribution in [3.8, 4) is 0 Å². The van der Waals surface area contributed by atoms with Crippen molar-refractivity contribution in [2.45, 2.75) is 0 Å². The van der Waals surface area contributed by atoms with Crippen LogP contribution in [0.4, 0.5) is 5.00 Å². The van der Waals surface area contributed by atoms with Crippen molar-refractivity contribution >= 4 is 39.4 Å². The van der Waals surface area contributed by atoms with Crippen molar-refractivity contribution < 1.29 is 19.2 Å². The van der Waals surface area contributed by atoms with Gasteiger partial charge in [-0.25, -0.2) is 4.79 Å². The van der Waals surface area contributed by atoms with E-state index in [1.165, 1.54) is 23.5 Å². The first-order valence-electron chi connectivity index (χ1n) is 5.06. The minimum absolute atomic E-state index is 0.102. The number of hydrogen-bond acceptors (Lipinski definition) is 7. The number of esters is 1. The molecule has 6 nitrogen and oxygen atoms in total. The lowest BCUT2D eigenvalue weighted by molar-refractivity contribution is -0.380. The second kappa shape index (κ2) is 5.72. The van der Waals surface area contributed by atoms with Gasteiger partial charge in [0.1, 0.15) is 4.88 Å². The molecular weight excluding hydrogens is 290 g/mol. The Hall–Kier alpha value is -2.06. The predicted octanol–water partition coefficient (Wildman–Crippen LogP) is 2.76. The Kier molecular flexibility index (Phi) is 4.03. The van der Waals surface area contributed by atoms with Crippen molar-refractivity contribution in [1.82, 2.24) is 0 Å². The van der Waals surface area contributed by atoms with Crippen LogP contribution in [0.5, 0.6) is 0 Å². The van der Waals surface area contributed by atoms with E-state index >= 15 is 0 Å². The summed E-state index contributed by atoms with van der Waals surface area (Å²) in [5, 5.41) is 12.1. The molecule has 2 aromatic heterocycles. The third-order valence-electron chi connectivity index (χ3n) is 2.10. The van der Waals surface area contributed by atoms with Crippen molar-refractivity contribution in [3.05, 3.63) is 49.5 Å². The van der Waals surface area contributed by atoms with Gasteiger partial charge in [0.05, 0.1) is 9.80 Å². The molecule has 0 fully saturated rings. The van der Waals surface area contributed by atoms with Gasteiger partial charge in [-0.1, -0.05) is 17.4 Å². The molecule has 2 aromatic rings. The SMILES string of the molecule is O=C(COC(=O)c1ccc([N+](=O)[O-])s1)c1cccs1. The van der Waals surface area contributed by atoms with Gasteiger partial charge in [-0.05, 0) is 17.5 Å². The molecule has 0 saturated carbocycles. The Balaban J connectivity index is 1.94. The third-order valence-corrected chi connectivity index (χ3v) is 4.03. The third kappa shape index (κ3) is 3.24. The number of carbonyl (C=O) groups excluding carboxylic acids is 2. The summed E-state index contributed by atoms with van der Waals surface area (Å²) in [5.41, 5.74) is 0. The topological polar surface area (TPSA) is 86.5 Å². The second-order valence-corrected chi connectivity index (χ2v) is 5.38. The molecule has 0 spiro atoms. The van der Waals surface area contributed by atoms with Gasteiger partial charge in [-0.3, -0.25) is 14.9 Å². The van der Waals surface area contributed by atoms with Gasteiger partial charge in [0.2, 0.25) is 5.78 Å². The van der Waals surface area contributed by atoms with Crippen LogP contribution in [0.3, 0.4) is 0 Å². The number of ketones is 1. The van der Waals surface area contributed by atoms with Gasteiger partial charge >= 0.3 is 11.0 Å². The Morgan fingerprint density at radius 1 is 1.26 bits per heavy atom. The number of ether oxygens (including phenoxy) is 1. The molecule has 2 heterocycles. The fraction of sp³-hybridized carbons (Fsp3) is 0.0909. The van der Waals surface area contributed by atoms with Crippen molar-refractivity contribution in [1.29, 1.82) is 0 Å². The summed E-state index contributed by atoms with van der Waals surface area (Å²) in [6.07, 6.45) is 0. The quantitative estimate of drug-likeness (QED) is 0.366. The number of carbonyl (C=O) groups is 2. The molecule has 0 aromatic carbocycles. The number of nitro groups is 1. The van der Waals surface area contributed by atoms with Gasteiger partial charge < -0.3 is 4.74 Å². The highest BCUT2D eigenvalue weighted by atomic mass is 32.1. The molecule has 0 aliphatic carbocycles. The lowest BCUT2D eigenvalue weighted by atomic mass is 10.3. The van der Waals surface area contributed by atoms with Crippen LogP contribution in [0.2, 0.25) is 0 Å². The predicted molar refractivity (Wildman–Crippen MR) is 69.9 cm³/mol. The summed E-state index contributed by atoms with van der Waals surface area (Å²) in [6.45, 7) is -0.370. The smallest absolute Gasteiger partial charge is 0.349 e. The number of thiophene rings is 2. The zero-order valence-corrected chi connectivity index (χ0v) is 11.0. The lowest BCUT2D eigenvalue weighted by Crippen LogP contribution is -2.12. The van der Waals surface area contributed by atoms with Crippen LogP contribution in [0.1, 0.15) is 19.3 Å². The van der Waals surface area contributed by atoms with Crippen LogP contribution in [-0.4, -0.2) is 23.3 Å². The van der Waals surface area contributed by atoms with Crippen LogP contribution in [-0.2, 0) is 4.74 Å². The summed E-state index contributed by atoms with van der Waals surface area (Å²) in [7, 11) is 0. The highest BCUT2D eigenvalue weighted by Crippen LogP contribution is 2.24. The summed E-state index contributed by atoms with van der Waals surface area (Å²) < 4.78 is 4.81. The molecule has 0 amide bonds. The van der Waals surface area contributed by atoms with E-state index in [0.29, 0.717) is 16.2 Å². The minimum Gasteiger partial charge on any atom is -0.453 e. The average Bonchev–Trinajstić information content (AvgIpc) is 3.05. The summed E-state index contributed by atoms with van der Waals surface area (Å²) in [5.74, 6) is -1.03. The number of hydrogen-bond donors (Lipinski definition) is 0. The molecule has 8 heteroatoms. The molecule has 19 heavy (non-hydrogen) atoms. The molecule has 98 valence electrons. The normalized spacial score (nSPS) is 10.1. The van der Waals surface area contributed by atoms with E-state index in [-0.39, 0.29) is 22.3 Å². The van der Waals surface area contributed by atoms with E-state index in [1.54, 1.807) is 17.5 Å². The van der Waals surface area contributed by atoms with E-state index in [2.05, 4.69) is 0 Å². The van der Waals surface area contributed by atoms with Gasteiger partial charge in [-0.2, -0.15) is 0 Å². The van der Waals surface area contributed by atoms with Crippen LogP contribution in [0.25, 0.3) is 0 Å². The van der Waals surface area contributed by atoms with E-state index in [4.69, 9.17) is 4.74 Å². The Morgan fingerprint density at radius 3 is 2.63 bits per heavy atom. The zero-order valence-electron chi connectivity index (χ0n) is 9.40. The number of rotatable bonds is 5. The second-order valence-electron chi connectivity index (χ2n) is 3.37. The molecule has 0 saturated heterocycles. The first-order valence-corrected chi connectivity index (χ1v) is 6.75. The van der Waals surface area contributed by atoms with Gasteiger partial charge in [-0.15, -0.1) is 11.3 Å². The maximum absolute atomic E-state index is 11.6. The van der Waals surface area contributed by atoms with E-state index in [1.807, 2.05) is 0 Å². The fourth-order valence-corrected chi connectivity index (χ4v) is 2.61. The first kappa shape index (κ1) is 13.4. The van der Waals surface area contributed by atoms with E-state index in [9.17, 15) is 19.7 Å². The number of nitrogens with zero attached hydrogens (tertiary/aromatic N) is 1. The van der Waals surface area contributed by atoms with Gasteiger partial charge in [0.25, 0.3) is 0 Å². The summed E-state index contributed by atoms with van der Waals surface area (Å²) >= 11 is 1.97. The van der Waals surface area contributed by atoms with Crippen LogP contribution in [0, 0.1) is 10.1 Å². The largest absolute Gasteiger partial charge is 0.453 e. The molecule has 0 atom stereocenters. The molecule has 0 N–H and O–H groups in total. The molecule has 0 unspecified atom stereocenters. The molecule has 0 radical (unpaired) electrons. The van der Waals surface area contributed by atoms with Crippen LogP contribution < -0.4 is 0 Å². The molecule has 0 aliphatic rings. The molecule has 2 rings (SSSR count). The monoisotopic (exact) mass is 297 g/mol. The van der Waals surface area contributed by atoms with E-state index in [0.717, 1.165) is 0 Å². The summed E-state index contributed by atoms with van der Waals surface area (Å²) in [6, 6.07) is 5.89. The van der Waals surface area contributed by atoms with Gasteiger partial charge in [0, 0.05) is 6.07 Å². The Morgan fingerprint density at radius 2 is 2.05 bits per heavy atom. The minimum atomic E-state index is -0.733. The molecular formula is C11H7NO5S2. The lowest BCUT2D eigenvalue weighted by Gasteiger charge is -2.00. The fourth-order valence-electron chi connectivity index (χ4n) is 1.25. The maximum atomic E-state index is 11.6. The van der Waals surface area contributed by atoms with Gasteiger partial charge in [0.15, 0.2) is 6.61 Å². The van der Waals surface area contributed by atoms with Crippen molar-refractivity contribution in [2.24, 2.45) is 0 Å². The molecule has 0 aliphatic heterocycles. The highest BCUT2D eigenvalue weighted by molar-refractivity contribution is 7.17. The average molecular weight is 297 g/mol. The standard InChI is InChI=1S/C11H7NO5S2/c13-7(8-2-1-5-18-8)6-17-11(14)9-3-4-10(19-9)12(15)16/h1-5H,6H2. The van der Waals surface area contributed by atoms with E-state index < -0.39 is 10.9 Å². The van der Waals surface area contributed by atoms with Crippen LogP contribution in [0.15, 0.2) is 29.6 Å². The Labute approximate surface area is 115 Å². The van der Waals surface area contributed by atoms with Crippen molar-refractivity contribution in [3.63, 3.8) is 0 Å². The Bertz CT molecular complexity index is 617. The highest BCUT2D eigenvalue weighted by Gasteiger charge is 2.17. The zero-order chi connectivity index (χ0) is 13.8. The first-order chi connectivity index (χ1) is 9.08. The van der Waals surface area contributed by atoms with Crippen LogP contribution >= 0.6 is 22.7 Å². The number of Topliss-reactive ketones (excluding diaryl/α,β-unsaturated/α-hetero) is 1.